The highest BCUT2D eigenvalue weighted by Crippen LogP contribution is 2.33. The highest BCUT2D eigenvalue weighted by atomic mass is 16.5. The Morgan fingerprint density at radius 2 is 1.64 bits per heavy atom. The van der Waals surface area contributed by atoms with E-state index in [2.05, 4.69) is 41.3 Å². The van der Waals surface area contributed by atoms with Gasteiger partial charge in [-0.1, -0.05) is 54.6 Å². The Morgan fingerprint density at radius 3 is 2.39 bits per heavy atom. The molecule has 2 fully saturated rings. The third-order valence-corrected chi connectivity index (χ3v) is 6.71. The molecule has 5 nitrogen and oxygen atoms in total. The Labute approximate surface area is 194 Å². The molecule has 2 aliphatic heterocycles. The van der Waals surface area contributed by atoms with Crippen LogP contribution in [0.1, 0.15) is 27.0 Å². The molecule has 1 amide bonds. The molecule has 33 heavy (non-hydrogen) atoms. The van der Waals surface area contributed by atoms with Gasteiger partial charge in [0.05, 0.1) is 11.6 Å². The fraction of sp³-hybridized carbons (Fsp3) is 0.286. The van der Waals surface area contributed by atoms with Gasteiger partial charge in [0.15, 0.2) is 0 Å². The largest absolute Gasteiger partial charge is 0.489 e. The Morgan fingerprint density at radius 1 is 0.909 bits per heavy atom. The molecule has 2 atom stereocenters. The number of benzene rings is 3. The van der Waals surface area contributed by atoms with E-state index in [1.807, 2.05) is 47.4 Å². The van der Waals surface area contributed by atoms with Crippen molar-refractivity contribution < 1.29 is 9.53 Å². The van der Waals surface area contributed by atoms with Crippen molar-refractivity contribution in [2.75, 3.05) is 26.2 Å². The number of rotatable bonds is 6. The molecule has 0 aliphatic carbocycles. The molecule has 2 aliphatic rings. The van der Waals surface area contributed by atoms with Crippen LogP contribution in [0.15, 0.2) is 78.9 Å². The Bertz CT molecular complexity index is 1160. The monoisotopic (exact) mass is 437 g/mol. The molecule has 0 bridgehead atoms. The van der Waals surface area contributed by atoms with Gasteiger partial charge in [0.2, 0.25) is 0 Å². The minimum atomic E-state index is 0.0712. The molecule has 0 spiro atoms. The molecule has 3 aromatic carbocycles. The van der Waals surface area contributed by atoms with Crippen LogP contribution in [0.25, 0.3) is 0 Å². The second kappa shape index (κ2) is 9.48. The van der Waals surface area contributed by atoms with E-state index in [0.29, 0.717) is 35.3 Å². The maximum absolute atomic E-state index is 13.2. The molecule has 0 aromatic heterocycles. The summed E-state index contributed by atoms with van der Waals surface area (Å²) in [4.78, 5) is 17.7. The van der Waals surface area contributed by atoms with E-state index in [4.69, 9.17) is 4.74 Å². The average molecular weight is 438 g/mol. The minimum absolute atomic E-state index is 0.0712. The Balaban J connectivity index is 1.18. The summed E-state index contributed by atoms with van der Waals surface area (Å²) in [5, 5.41) is 9.25. The van der Waals surface area contributed by atoms with Crippen molar-refractivity contribution >= 4 is 5.91 Å². The van der Waals surface area contributed by atoms with Gasteiger partial charge in [-0.15, -0.1) is 0 Å². The number of nitriles is 1. The molecule has 5 rings (SSSR count). The first kappa shape index (κ1) is 21.2. The van der Waals surface area contributed by atoms with Gasteiger partial charge in [-0.3, -0.25) is 9.69 Å². The van der Waals surface area contributed by atoms with Gasteiger partial charge in [-0.05, 0) is 41.7 Å². The normalized spacial score (nSPS) is 19.8. The zero-order chi connectivity index (χ0) is 22.6. The zero-order valence-corrected chi connectivity index (χ0v) is 18.6. The van der Waals surface area contributed by atoms with E-state index < -0.39 is 0 Å². The lowest BCUT2D eigenvalue weighted by molar-refractivity contribution is 0.0773. The smallest absolute Gasteiger partial charge is 0.254 e. The predicted molar refractivity (Wildman–Crippen MR) is 127 cm³/mol. The van der Waals surface area contributed by atoms with Gasteiger partial charge in [0, 0.05) is 43.9 Å². The third-order valence-electron chi connectivity index (χ3n) is 6.71. The van der Waals surface area contributed by atoms with E-state index in [1.165, 1.54) is 5.56 Å². The SMILES string of the molecule is N#Cc1ccccc1COc1cccc(C(=O)N2C[C@H]3CN(Cc4ccccc4)C[C@H]3C2)c1. The van der Waals surface area contributed by atoms with E-state index in [1.54, 1.807) is 6.07 Å². The summed E-state index contributed by atoms with van der Waals surface area (Å²) in [6, 6.07) is 27.6. The topological polar surface area (TPSA) is 56.6 Å². The first-order valence-electron chi connectivity index (χ1n) is 11.5. The van der Waals surface area contributed by atoms with Crippen molar-refractivity contribution in [3.63, 3.8) is 0 Å². The Hall–Kier alpha value is -3.62. The highest BCUT2D eigenvalue weighted by Gasteiger charge is 2.41. The summed E-state index contributed by atoms with van der Waals surface area (Å²) in [5.74, 6) is 1.79. The van der Waals surface area contributed by atoms with Crippen LogP contribution in [0, 0.1) is 23.2 Å². The Kier molecular flexibility index (Phi) is 6.10. The number of likely N-dealkylation sites (tertiary alicyclic amines) is 2. The number of carbonyl (C=O) groups excluding carboxylic acids is 1. The molecule has 5 heteroatoms. The summed E-state index contributed by atoms with van der Waals surface area (Å²) >= 11 is 0. The summed E-state index contributed by atoms with van der Waals surface area (Å²) in [7, 11) is 0. The van der Waals surface area contributed by atoms with Crippen LogP contribution in [0.2, 0.25) is 0 Å². The molecule has 2 heterocycles. The van der Waals surface area contributed by atoms with Crippen molar-refractivity contribution in [2.45, 2.75) is 13.2 Å². The van der Waals surface area contributed by atoms with Gasteiger partial charge in [0.25, 0.3) is 5.91 Å². The molecule has 3 aromatic rings. The van der Waals surface area contributed by atoms with Crippen molar-refractivity contribution in [2.24, 2.45) is 11.8 Å². The van der Waals surface area contributed by atoms with Gasteiger partial charge in [0.1, 0.15) is 12.4 Å². The molecule has 0 unspecified atom stereocenters. The molecular weight excluding hydrogens is 410 g/mol. The first-order valence-corrected chi connectivity index (χ1v) is 11.5. The lowest BCUT2D eigenvalue weighted by Gasteiger charge is -2.22. The fourth-order valence-corrected chi connectivity index (χ4v) is 5.04. The standard InChI is InChI=1S/C28H27N3O2/c29-14-23-9-4-5-10-24(23)20-33-27-12-6-11-22(13-27)28(32)31-18-25-16-30(17-26(25)19-31)15-21-7-2-1-3-8-21/h1-13,25-26H,15-20H2/t25-,26+. The second-order valence-electron chi connectivity index (χ2n) is 9.00. The number of nitrogens with zero attached hydrogens (tertiary/aromatic N) is 3. The van der Waals surface area contributed by atoms with Crippen molar-refractivity contribution in [1.29, 1.82) is 5.26 Å². The fourth-order valence-electron chi connectivity index (χ4n) is 5.04. The minimum Gasteiger partial charge on any atom is -0.489 e. The first-order chi connectivity index (χ1) is 16.2. The number of amides is 1. The molecule has 0 saturated carbocycles. The van der Waals surface area contributed by atoms with E-state index in [9.17, 15) is 10.1 Å². The van der Waals surface area contributed by atoms with Gasteiger partial charge < -0.3 is 9.64 Å². The molecule has 166 valence electrons. The van der Waals surface area contributed by atoms with Gasteiger partial charge >= 0.3 is 0 Å². The van der Waals surface area contributed by atoms with Crippen LogP contribution in [-0.4, -0.2) is 41.9 Å². The predicted octanol–water partition coefficient (Wildman–Crippen LogP) is 4.34. The van der Waals surface area contributed by atoms with E-state index >= 15 is 0 Å². The van der Waals surface area contributed by atoms with Crippen molar-refractivity contribution in [3.05, 3.63) is 101 Å². The van der Waals surface area contributed by atoms with E-state index in [0.717, 1.165) is 38.3 Å². The van der Waals surface area contributed by atoms with Gasteiger partial charge in [-0.2, -0.15) is 5.26 Å². The molecular formula is C28H27N3O2. The number of hydrogen-bond donors (Lipinski definition) is 0. The maximum atomic E-state index is 13.2. The summed E-state index contributed by atoms with van der Waals surface area (Å²) < 4.78 is 5.90. The zero-order valence-electron chi connectivity index (χ0n) is 18.6. The van der Waals surface area contributed by atoms with Gasteiger partial charge in [-0.25, -0.2) is 0 Å². The number of ether oxygens (including phenoxy) is 1. The number of fused-ring (bicyclic) bond motifs is 1. The van der Waals surface area contributed by atoms with Crippen LogP contribution < -0.4 is 4.74 Å². The lowest BCUT2D eigenvalue weighted by Crippen LogP contribution is -2.33. The highest BCUT2D eigenvalue weighted by molar-refractivity contribution is 5.94. The maximum Gasteiger partial charge on any atom is 0.254 e. The van der Waals surface area contributed by atoms with Crippen LogP contribution >= 0.6 is 0 Å². The average Bonchev–Trinajstić information content (AvgIpc) is 3.42. The summed E-state index contributed by atoms with van der Waals surface area (Å²) in [6.07, 6.45) is 0. The third kappa shape index (κ3) is 4.76. The summed E-state index contributed by atoms with van der Waals surface area (Å²) in [6.45, 7) is 5.00. The second-order valence-corrected chi connectivity index (χ2v) is 9.00. The molecule has 0 N–H and O–H groups in total. The van der Waals surface area contributed by atoms with Crippen LogP contribution in [0.5, 0.6) is 5.75 Å². The van der Waals surface area contributed by atoms with Crippen molar-refractivity contribution in [1.82, 2.24) is 9.80 Å². The quantitative estimate of drug-likeness (QED) is 0.576. The van der Waals surface area contributed by atoms with Crippen LogP contribution in [0.4, 0.5) is 0 Å². The lowest BCUT2D eigenvalue weighted by atomic mass is 10.0. The number of hydrogen-bond acceptors (Lipinski definition) is 4. The van der Waals surface area contributed by atoms with Crippen LogP contribution in [0.3, 0.4) is 0 Å². The van der Waals surface area contributed by atoms with Crippen LogP contribution in [-0.2, 0) is 13.2 Å². The molecule has 0 radical (unpaired) electrons. The number of carbonyl (C=O) groups is 1. The van der Waals surface area contributed by atoms with E-state index in [-0.39, 0.29) is 5.91 Å². The van der Waals surface area contributed by atoms with Crippen molar-refractivity contribution in [3.8, 4) is 11.8 Å². The summed E-state index contributed by atoms with van der Waals surface area (Å²) in [5.41, 5.74) is 3.44. The molecule has 2 saturated heterocycles.